The molecule has 0 aromatic heterocycles. The summed E-state index contributed by atoms with van der Waals surface area (Å²) in [6.07, 6.45) is 8.37. The molecular formula is C14H30N2. The molecule has 0 saturated heterocycles. The van der Waals surface area contributed by atoms with Crippen LogP contribution in [0.15, 0.2) is 0 Å². The first-order valence-electron chi connectivity index (χ1n) is 6.92. The fraction of sp³-hybridized carbons (Fsp3) is 1.00. The Kier molecular flexibility index (Phi) is 5.77. The Balaban J connectivity index is 2.25. The number of nitrogens with zero attached hydrogens (tertiary/aromatic N) is 1. The average Bonchev–Trinajstić information content (AvgIpc) is 2.17. The van der Waals surface area contributed by atoms with Crippen molar-refractivity contribution in [3.8, 4) is 0 Å². The van der Waals surface area contributed by atoms with Crippen molar-refractivity contribution in [1.29, 1.82) is 0 Å². The summed E-state index contributed by atoms with van der Waals surface area (Å²) in [6.45, 7) is 7.94. The van der Waals surface area contributed by atoms with Crippen molar-refractivity contribution in [1.82, 2.24) is 4.90 Å². The summed E-state index contributed by atoms with van der Waals surface area (Å²) in [5.74, 6) is 0.951. The molecule has 2 heteroatoms. The Hall–Kier alpha value is -0.0800. The zero-order valence-corrected chi connectivity index (χ0v) is 11.5. The molecule has 2 nitrogen and oxygen atoms in total. The van der Waals surface area contributed by atoms with E-state index in [9.17, 15) is 0 Å². The van der Waals surface area contributed by atoms with Gasteiger partial charge in [0.1, 0.15) is 0 Å². The van der Waals surface area contributed by atoms with Crippen LogP contribution in [0.2, 0.25) is 0 Å². The molecule has 0 aliphatic heterocycles. The maximum Gasteiger partial charge on any atom is 0.00302 e. The molecule has 96 valence electrons. The summed E-state index contributed by atoms with van der Waals surface area (Å²) in [4.78, 5) is 2.52. The first-order valence-corrected chi connectivity index (χ1v) is 6.92. The van der Waals surface area contributed by atoms with Crippen LogP contribution in [0.25, 0.3) is 0 Å². The first kappa shape index (κ1) is 14.0. The lowest BCUT2D eigenvalue weighted by Crippen LogP contribution is -2.36. The highest BCUT2D eigenvalue weighted by atomic mass is 15.1. The summed E-state index contributed by atoms with van der Waals surface area (Å²) < 4.78 is 0. The van der Waals surface area contributed by atoms with Crippen LogP contribution in [0.3, 0.4) is 0 Å². The van der Waals surface area contributed by atoms with Crippen LogP contribution in [-0.2, 0) is 0 Å². The van der Waals surface area contributed by atoms with Crippen molar-refractivity contribution in [2.24, 2.45) is 17.1 Å². The Morgan fingerprint density at radius 1 is 1.19 bits per heavy atom. The van der Waals surface area contributed by atoms with Gasteiger partial charge < -0.3 is 10.6 Å². The minimum atomic E-state index is 0.373. The van der Waals surface area contributed by atoms with Gasteiger partial charge in [0.15, 0.2) is 0 Å². The van der Waals surface area contributed by atoms with Crippen LogP contribution in [0.4, 0.5) is 0 Å². The third-order valence-electron chi connectivity index (χ3n) is 3.81. The Bertz CT molecular complexity index is 183. The standard InChI is InChI=1S/C14H30N2/c1-14(2,9-10-15)12-16(3)11-13-7-5-4-6-8-13/h13H,4-12,15H2,1-3H3. The van der Waals surface area contributed by atoms with E-state index in [-0.39, 0.29) is 0 Å². The molecule has 0 aromatic carbocycles. The summed E-state index contributed by atoms with van der Waals surface area (Å²) in [7, 11) is 2.27. The lowest BCUT2D eigenvalue weighted by atomic mass is 9.86. The average molecular weight is 226 g/mol. The largest absolute Gasteiger partial charge is 0.330 e. The highest BCUT2D eigenvalue weighted by Crippen LogP contribution is 2.26. The van der Waals surface area contributed by atoms with Gasteiger partial charge in [-0.3, -0.25) is 0 Å². The van der Waals surface area contributed by atoms with E-state index in [1.54, 1.807) is 0 Å². The molecule has 0 bridgehead atoms. The van der Waals surface area contributed by atoms with E-state index < -0.39 is 0 Å². The Labute approximate surface area is 102 Å². The second-order valence-corrected chi connectivity index (χ2v) is 6.40. The van der Waals surface area contributed by atoms with Gasteiger partial charge in [0.25, 0.3) is 0 Å². The van der Waals surface area contributed by atoms with E-state index in [2.05, 4.69) is 25.8 Å². The second kappa shape index (κ2) is 6.61. The van der Waals surface area contributed by atoms with E-state index in [4.69, 9.17) is 5.73 Å². The molecule has 1 fully saturated rings. The van der Waals surface area contributed by atoms with Gasteiger partial charge in [-0.25, -0.2) is 0 Å². The van der Waals surface area contributed by atoms with Crippen LogP contribution in [0.1, 0.15) is 52.4 Å². The van der Waals surface area contributed by atoms with Crippen molar-refractivity contribution >= 4 is 0 Å². The van der Waals surface area contributed by atoms with Gasteiger partial charge in [-0.1, -0.05) is 33.1 Å². The van der Waals surface area contributed by atoms with Gasteiger partial charge in [0.2, 0.25) is 0 Å². The predicted molar refractivity (Wildman–Crippen MR) is 71.5 cm³/mol. The smallest absolute Gasteiger partial charge is 0.00302 e. The SMILES string of the molecule is CN(CC1CCCCC1)CC(C)(C)CCN. The number of rotatable bonds is 6. The van der Waals surface area contributed by atoms with E-state index in [0.29, 0.717) is 5.41 Å². The van der Waals surface area contributed by atoms with Crippen LogP contribution in [0, 0.1) is 11.3 Å². The summed E-state index contributed by atoms with van der Waals surface area (Å²) in [5.41, 5.74) is 6.03. The zero-order chi connectivity index (χ0) is 12.0. The maximum absolute atomic E-state index is 5.66. The highest BCUT2D eigenvalue weighted by molar-refractivity contribution is 4.75. The van der Waals surface area contributed by atoms with Crippen molar-refractivity contribution in [3.05, 3.63) is 0 Å². The monoisotopic (exact) mass is 226 g/mol. The molecule has 1 aliphatic rings. The highest BCUT2D eigenvalue weighted by Gasteiger charge is 2.21. The number of nitrogens with two attached hydrogens (primary N) is 1. The van der Waals surface area contributed by atoms with Gasteiger partial charge >= 0.3 is 0 Å². The van der Waals surface area contributed by atoms with Crippen LogP contribution in [-0.4, -0.2) is 31.6 Å². The molecule has 0 heterocycles. The molecule has 0 radical (unpaired) electrons. The molecule has 0 spiro atoms. The molecule has 0 unspecified atom stereocenters. The third kappa shape index (κ3) is 5.31. The Morgan fingerprint density at radius 2 is 1.81 bits per heavy atom. The van der Waals surface area contributed by atoms with Crippen LogP contribution < -0.4 is 5.73 Å². The van der Waals surface area contributed by atoms with Gasteiger partial charge in [0, 0.05) is 13.1 Å². The van der Waals surface area contributed by atoms with Crippen molar-refractivity contribution in [3.63, 3.8) is 0 Å². The van der Waals surface area contributed by atoms with Crippen molar-refractivity contribution in [2.45, 2.75) is 52.4 Å². The van der Waals surface area contributed by atoms with Crippen LogP contribution in [0.5, 0.6) is 0 Å². The van der Waals surface area contributed by atoms with Gasteiger partial charge in [0.05, 0.1) is 0 Å². The first-order chi connectivity index (χ1) is 7.53. The minimum absolute atomic E-state index is 0.373. The quantitative estimate of drug-likeness (QED) is 0.754. The molecule has 1 rings (SSSR count). The maximum atomic E-state index is 5.66. The second-order valence-electron chi connectivity index (χ2n) is 6.40. The van der Waals surface area contributed by atoms with Gasteiger partial charge in [-0.05, 0) is 44.2 Å². The van der Waals surface area contributed by atoms with Gasteiger partial charge in [-0.15, -0.1) is 0 Å². The van der Waals surface area contributed by atoms with Crippen LogP contribution >= 0.6 is 0 Å². The molecule has 2 N–H and O–H groups in total. The fourth-order valence-electron chi connectivity index (χ4n) is 3.08. The molecular weight excluding hydrogens is 196 g/mol. The lowest BCUT2D eigenvalue weighted by Gasteiger charge is -2.33. The minimum Gasteiger partial charge on any atom is -0.330 e. The topological polar surface area (TPSA) is 29.3 Å². The molecule has 0 aromatic rings. The molecule has 0 amide bonds. The van der Waals surface area contributed by atoms with E-state index in [0.717, 1.165) is 18.9 Å². The third-order valence-corrected chi connectivity index (χ3v) is 3.81. The fourth-order valence-corrected chi connectivity index (χ4v) is 3.08. The number of hydrogen-bond donors (Lipinski definition) is 1. The van der Waals surface area contributed by atoms with Crippen molar-refractivity contribution < 1.29 is 0 Å². The number of hydrogen-bond acceptors (Lipinski definition) is 2. The lowest BCUT2D eigenvalue weighted by molar-refractivity contribution is 0.164. The van der Waals surface area contributed by atoms with E-state index >= 15 is 0 Å². The summed E-state index contributed by atoms with van der Waals surface area (Å²) in [6, 6.07) is 0. The summed E-state index contributed by atoms with van der Waals surface area (Å²) >= 11 is 0. The molecule has 0 atom stereocenters. The zero-order valence-electron chi connectivity index (χ0n) is 11.5. The van der Waals surface area contributed by atoms with Gasteiger partial charge in [-0.2, -0.15) is 0 Å². The molecule has 1 aliphatic carbocycles. The summed E-state index contributed by atoms with van der Waals surface area (Å²) in [5, 5.41) is 0. The van der Waals surface area contributed by atoms with Crippen molar-refractivity contribution in [2.75, 3.05) is 26.7 Å². The molecule has 16 heavy (non-hydrogen) atoms. The normalized spacial score (nSPS) is 19.3. The molecule has 1 saturated carbocycles. The predicted octanol–water partition coefficient (Wildman–Crippen LogP) is 2.87. The van der Waals surface area contributed by atoms with E-state index in [1.165, 1.54) is 45.2 Å². The van der Waals surface area contributed by atoms with E-state index in [1.807, 2.05) is 0 Å². The Morgan fingerprint density at radius 3 is 2.38 bits per heavy atom.